The van der Waals surface area contributed by atoms with Crippen molar-refractivity contribution in [3.05, 3.63) is 0 Å². The molecule has 0 atom stereocenters. The van der Waals surface area contributed by atoms with Crippen molar-refractivity contribution in [3.8, 4) is 0 Å². The second kappa shape index (κ2) is 54.5. The molecule has 5 heteroatoms. The Morgan fingerprint density at radius 1 is 0.378 bits per heavy atom. The van der Waals surface area contributed by atoms with E-state index in [1.807, 2.05) is 11.8 Å². The van der Waals surface area contributed by atoms with Crippen LogP contribution in [0.25, 0.3) is 0 Å². The average molecular weight is 742 g/mol. The fraction of sp³-hybridized carbons (Fsp3) is 1.00. The number of thioether (sulfide) groups is 1. The molecule has 2 N–H and O–H groups in total. The van der Waals surface area contributed by atoms with Gasteiger partial charge in [0, 0.05) is 18.5 Å². The fourth-order valence-electron chi connectivity index (χ4n) is 5.38. The first-order valence-electron chi connectivity index (χ1n) is 20.2. The third-order valence-corrected chi connectivity index (χ3v) is 10.4. The van der Waals surface area contributed by atoms with Crippen molar-refractivity contribution in [2.75, 3.05) is 35.8 Å². The van der Waals surface area contributed by atoms with Crippen LogP contribution in [0.2, 0.25) is 0 Å². The molecule has 2 nitrogen and oxygen atoms in total. The number of thiol groups is 1. The molecule has 0 aromatic carbocycles. The van der Waals surface area contributed by atoms with Crippen LogP contribution in [0, 0.1) is 0 Å². The highest BCUT2D eigenvalue weighted by Gasteiger charge is 1.96. The fourth-order valence-corrected chi connectivity index (χ4v) is 6.86. The Hall–Kier alpha value is 1.10. The summed E-state index contributed by atoms with van der Waals surface area (Å²) in [5.41, 5.74) is 0. The molecular formula is C40H85BrO2S2. The monoisotopic (exact) mass is 741 g/mol. The second-order valence-electron chi connectivity index (χ2n) is 13.1. The van der Waals surface area contributed by atoms with E-state index in [4.69, 9.17) is 10.2 Å². The van der Waals surface area contributed by atoms with Gasteiger partial charge in [-0.3, -0.25) is 0 Å². The highest BCUT2D eigenvalue weighted by atomic mass is 79.9. The molecule has 0 bridgehead atoms. The van der Waals surface area contributed by atoms with Crippen molar-refractivity contribution < 1.29 is 10.2 Å². The van der Waals surface area contributed by atoms with Crippen LogP contribution in [-0.2, 0) is 0 Å². The summed E-state index contributed by atoms with van der Waals surface area (Å²) in [4.78, 5) is 0. The van der Waals surface area contributed by atoms with Gasteiger partial charge >= 0.3 is 0 Å². The zero-order valence-corrected chi connectivity index (χ0v) is 34.3. The van der Waals surface area contributed by atoms with E-state index in [-0.39, 0.29) is 6.61 Å². The molecule has 0 unspecified atom stereocenters. The lowest BCUT2D eigenvalue weighted by Crippen LogP contribution is -1.88. The predicted molar refractivity (Wildman–Crippen MR) is 218 cm³/mol. The number of rotatable bonds is 36. The molecule has 0 aliphatic heterocycles. The summed E-state index contributed by atoms with van der Waals surface area (Å²) in [7, 11) is 0. The lowest BCUT2D eigenvalue weighted by atomic mass is 10.0. The second-order valence-corrected chi connectivity index (χ2v) is 15.5. The molecule has 0 spiro atoms. The van der Waals surface area contributed by atoms with Gasteiger partial charge < -0.3 is 10.2 Å². The van der Waals surface area contributed by atoms with Gasteiger partial charge in [0.1, 0.15) is 0 Å². The van der Waals surface area contributed by atoms with Gasteiger partial charge in [-0.25, -0.2) is 0 Å². The van der Waals surface area contributed by atoms with Gasteiger partial charge in [0.15, 0.2) is 0 Å². The van der Waals surface area contributed by atoms with Crippen LogP contribution >= 0.6 is 40.3 Å². The summed E-state index contributed by atoms with van der Waals surface area (Å²) in [6.07, 6.45) is 45.2. The van der Waals surface area contributed by atoms with E-state index in [0.29, 0.717) is 6.61 Å². The lowest BCUT2D eigenvalue weighted by Gasteiger charge is -2.03. The van der Waals surface area contributed by atoms with Crippen LogP contribution in [0.5, 0.6) is 0 Å². The molecule has 0 heterocycles. The number of halogens is 1. The summed E-state index contributed by atoms with van der Waals surface area (Å²) in [6.45, 7) is 5.20. The highest BCUT2D eigenvalue weighted by Crippen LogP contribution is 2.15. The van der Waals surface area contributed by atoms with Crippen LogP contribution in [0.3, 0.4) is 0 Å². The molecule has 0 rings (SSSR count). The summed E-state index contributed by atoms with van der Waals surface area (Å²) in [6, 6.07) is 0. The number of unbranched alkanes of at least 4 members (excludes halogenated alkanes) is 28. The first-order chi connectivity index (χ1) is 22.2. The average Bonchev–Trinajstić information content (AvgIpc) is 3.05. The summed E-state index contributed by atoms with van der Waals surface area (Å²) in [5.74, 6) is 3.21. The molecule has 0 saturated carbocycles. The van der Waals surface area contributed by atoms with Crippen LogP contribution in [0.15, 0.2) is 0 Å². The number of hydrogen-bond donors (Lipinski definition) is 3. The van der Waals surface area contributed by atoms with Gasteiger partial charge in [0.25, 0.3) is 0 Å². The van der Waals surface area contributed by atoms with Crippen LogP contribution in [0.4, 0.5) is 0 Å². The quantitative estimate of drug-likeness (QED) is 0.0340. The van der Waals surface area contributed by atoms with E-state index < -0.39 is 0 Å². The summed E-state index contributed by atoms with van der Waals surface area (Å²) in [5, 5.41) is 17.9. The maximum atomic E-state index is 8.69. The molecule has 0 radical (unpaired) electrons. The Balaban J connectivity index is -0.000000690. The van der Waals surface area contributed by atoms with Gasteiger partial charge in [-0.05, 0) is 42.9 Å². The normalized spacial score (nSPS) is 10.8. The SMILES string of the molecule is CCCCCCCCCCCCCCCCCBr.CCCCCCCCCCCCCCCCCSCCCO.OCCCS. The highest BCUT2D eigenvalue weighted by molar-refractivity contribution is 9.09. The zero-order valence-electron chi connectivity index (χ0n) is 31.0. The van der Waals surface area contributed by atoms with Crippen molar-refractivity contribution >= 4 is 40.3 Å². The van der Waals surface area contributed by atoms with Crippen LogP contribution in [-0.4, -0.2) is 46.0 Å². The third-order valence-electron chi connectivity index (χ3n) is 8.39. The number of hydrogen-bond acceptors (Lipinski definition) is 4. The van der Waals surface area contributed by atoms with Crippen molar-refractivity contribution in [1.82, 2.24) is 0 Å². The smallest absolute Gasteiger partial charge is 0.0438 e. The molecule has 0 aromatic rings. The summed E-state index contributed by atoms with van der Waals surface area (Å²) < 4.78 is 0. The first kappa shape index (κ1) is 50.5. The first-order valence-corrected chi connectivity index (χ1v) is 23.1. The number of aliphatic hydroxyl groups is 2. The van der Waals surface area contributed by atoms with E-state index in [9.17, 15) is 0 Å². The van der Waals surface area contributed by atoms with Gasteiger partial charge in [-0.2, -0.15) is 24.4 Å². The van der Waals surface area contributed by atoms with E-state index in [1.165, 1.54) is 204 Å². The van der Waals surface area contributed by atoms with Crippen molar-refractivity contribution in [2.45, 2.75) is 219 Å². The lowest BCUT2D eigenvalue weighted by molar-refractivity contribution is 0.296. The van der Waals surface area contributed by atoms with E-state index >= 15 is 0 Å². The van der Waals surface area contributed by atoms with Crippen LogP contribution < -0.4 is 0 Å². The van der Waals surface area contributed by atoms with E-state index in [0.717, 1.165) is 24.3 Å². The third kappa shape index (κ3) is 60.9. The van der Waals surface area contributed by atoms with Crippen molar-refractivity contribution in [2.24, 2.45) is 0 Å². The Kier molecular flexibility index (Phi) is 61.2. The minimum Gasteiger partial charge on any atom is -0.396 e. The predicted octanol–water partition coefficient (Wildman–Crippen LogP) is 14.5. The Morgan fingerprint density at radius 2 is 0.644 bits per heavy atom. The molecule has 0 fully saturated rings. The Bertz CT molecular complexity index is 405. The zero-order chi connectivity index (χ0) is 33.6. The van der Waals surface area contributed by atoms with Crippen molar-refractivity contribution in [1.29, 1.82) is 0 Å². The molecule has 276 valence electrons. The Labute approximate surface area is 304 Å². The maximum absolute atomic E-state index is 8.69. The van der Waals surface area contributed by atoms with Crippen LogP contribution in [0.1, 0.15) is 219 Å². The van der Waals surface area contributed by atoms with Gasteiger partial charge in [-0.15, -0.1) is 0 Å². The summed E-state index contributed by atoms with van der Waals surface area (Å²) >= 11 is 9.33. The molecular weight excluding hydrogens is 656 g/mol. The molecule has 45 heavy (non-hydrogen) atoms. The molecule has 0 amide bonds. The molecule has 0 aliphatic rings. The van der Waals surface area contributed by atoms with Gasteiger partial charge in [0.05, 0.1) is 0 Å². The van der Waals surface area contributed by atoms with E-state index in [2.05, 4.69) is 42.4 Å². The Morgan fingerprint density at radius 3 is 0.889 bits per heavy atom. The number of alkyl halides is 1. The topological polar surface area (TPSA) is 40.5 Å². The van der Waals surface area contributed by atoms with E-state index in [1.54, 1.807) is 0 Å². The molecule has 0 aromatic heterocycles. The van der Waals surface area contributed by atoms with Crippen molar-refractivity contribution in [3.63, 3.8) is 0 Å². The van der Waals surface area contributed by atoms with Gasteiger partial charge in [-0.1, -0.05) is 210 Å². The minimum absolute atomic E-state index is 0.267. The molecule has 0 aliphatic carbocycles. The van der Waals surface area contributed by atoms with Gasteiger partial charge in [0.2, 0.25) is 0 Å². The standard InChI is InChI=1S/C20H42OS.C17H35Br.C3H8OS/c1-2-3-4-5-6-7-8-9-10-11-12-13-14-15-16-19-22-20-17-18-21;1-2-3-4-5-6-7-8-9-10-11-12-13-14-15-16-17-18;4-2-1-3-5/h21H,2-20H2,1H3;2-17H2,1H3;4-5H,1-3H2. The maximum Gasteiger partial charge on any atom is 0.0438 e. The minimum atomic E-state index is 0.267. The molecule has 0 saturated heterocycles. The largest absolute Gasteiger partial charge is 0.396 e. The number of aliphatic hydroxyl groups excluding tert-OH is 2.